The van der Waals surface area contributed by atoms with Gasteiger partial charge < -0.3 is 0 Å². The second kappa shape index (κ2) is 4.92. The Bertz CT molecular complexity index is 831. The molecule has 3 rings (SSSR count). The van der Waals surface area contributed by atoms with Gasteiger partial charge in [-0.05, 0) is 13.3 Å². The van der Waals surface area contributed by atoms with Crippen LogP contribution >= 0.6 is 0 Å². The van der Waals surface area contributed by atoms with Crippen molar-refractivity contribution in [2.45, 2.75) is 45.8 Å². The molecule has 3 heterocycles. The van der Waals surface area contributed by atoms with E-state index >= 15 is 0 Å². The highest BCUT2D eigenvalue weighted by Gasteiger charge is 2.40. The van der Waals surface area contributed by atoms with Crippen molar-refractivity contribution in [1.29, 1.82) is 0 Å². The summed E-state index contributed by atoms with van der Waals surface area (Å²) >= 11 is 0. The van der Waals surface area contributed by atoms with E-state index in [0.717, 1.165) is 12.8 Å². The lowest BCUT2D eigenvalue weighted by Crippen LogP contribution is -2.26. The maximum Gasteiger partial charge on any atom is 0.429 e. The smallest absolute Gasteiger partial charge is 0.294 e. The van der Waals surface area contributed by atoms with Gasteiger partial charge in [-0.25, -0.2) is 9.39 Å². The van der Waals surface area contributed by atoms with Gasteiger partial charge in [0.15, 0.2) is 0 Å². The number of unbranched alkanes of at least 4 members (excludes halogenated alkanes) is 1. The van der Waals surface area contributed by atoms with Gasteiger partial charge in [0.1, 0.15) is 17.4 Å². The Morgan fingerprint density at radius 2 is 2.00 bits per heavy atom. The maximum absolute atomic E-state index is 12.9. The Balaban J connectivity index is 2.28. The van der Waals surface area contributed by atoms with Crippen LogP contribution in [0, 0.1) is 6.92 Å². The molecule has 2 aromatic rings. The van der Waals surface area contributed by atoms with E-state index in [4.69, 9.17) is 0 Å². The molecular weight excluding hydrogens is 299 g/mol. The molecule has 0 bridgehead atoms. The number of nitrogens with zero attached hydrogens (tertiary/aromatic N) is 5. The second-order valence-corrected chi connectivity index (χ2v) is 5.23. The van der Waals surface area contributed by atoms with E-state index in [1.807, 2.05) is 6.92 Å². The van der Waals surface area contributed by atoms with Crippen molar-refractivity contribution in [2.24, 2.45) is 4.99 Å². The quantitative estimate of drug-likeness (QED) is 0.872. The molecular formula is C13H14F3N5O. The fourth-order valence-electron chi connectivity index (χ4n) is 2.56. The Hall–Kier alpha value is -2.19. The molecule has 0 radical (unpaired) electrons. The first kappa shape index (κ1) is 14.7. The Kier molecular flexibility index (Phi) is 3.30. The van der Waals surface area contributed by atoms with Crippen molar-refractivity contribution < 1.29 is 13.2 Å². The van der Waals surface area contributed by atoms with Gasteiger partial charge in [0.25, 0.3) is 5.56 Å². The molecule has 118 valence electrons. The van der Waals surface area contributed by atoms with Crippen LogP contribution in [0.1, 0.15) is 31.2 Å². The summed E-state index contributed by atoms with van der Waals surface area (Å²) < 4.78 is 41.6. The summed E-state index contributed by atoms with van der Waals surface area (Å²) in [4.78, 5) is 16.1. The largest absolute Gasteiger partial charge is 0.429 e. The first-order valence-corrected chi connectivity index (χ1v) is 6.96. The number of halogens is 3. The number of aryl methyl sites for hydroxylation is 2. The monoisotopic (exact) mass is 313 g/mol. The van der Waals surface area contributed by atoms with Gasteiger partial charge in [0, 0.05) is 13.0 Å². The normalized spacial score (nSPS) is 14.5. The lowest BCUT2D eigenvalue weighted by atomic mass is 10.2. The number of alkyl halides is 3. The molecule has 0 atom stereocenters. The van der Waals surface area contributed by atoms with Gasteiger partial charge >= 0.3 is 6.18 Å². The maximum atomic E-state index is 12.9. The molecule has 2 aromatic heterocycles. The van der Waals surface area contributed by atoms with E-state index in [-0.39, 0.29) is 17.2 Å². The second-order valence-electron chi connectivity index (χ2n) is 5.23. The standard InChI is InChI=1S/C13H14F3N5O/c1-3-4-5-20-10-8(6-9(17-10)13(14,15)16)11(22)21-7(2)18-19-12(20)21/h3-6H2,1-2H3. The molecule has 6 nitrogen and oxygen atoms in total. The zero-order valence-electron chi connectivity index (χ0n) is 12.1. The number of aliphatic imine (C=N–C) groups is 1. The average molecular weight is 313 g/mol. The third-order valence-corrected chi connectivity index (χ3v) is 3.68. The minimum Gasteiger partial charge on any atom is -0.294 e. The van der Waals surface area contributed by atoms with Crippen LogP contribution in [0.5, 0.6) is 0 Å². The Labute approximate surface area is 123 Å². The molecule has 0 aliphatic carbocycles. The molecule has 9 heteroatoms. The molecule has 0 spiro atoms. The van der Waals surface area contributed by atoms with E-state index in [0.29, 0.717) is 12.4 Å². The Morgan fingerprint density at radius 3 is 2.64 bits per heavy atom. The molecule has 0 amide bonds. The van der Waals surface area contributed by atoms with Crippen LogP contribution in [0.25, 0.3) is 5.78 Å². The van der Waals surface area contributed by atoms with Crippen molar-refractivity contribution in [3.8, 4) is 0 Å². The summed E-state index contributed by atoms with van der Waals surface area (Å²) in [6.07, 6.45) is -3.44. The van der Waals surface area contributed by atoms with Crippen LogP contribution in [-0.2, 0) is 13.0 Å². The van der Waals surface area contributed by atoms with E-state index in [1.54, 1.807) is 11.5 Å². The molecule has 1 aliphatic rings. The summed E-state index contributed by atoms with van der Waals surface area (Å²) in [7, 11) is 0. The fourth-order valence-corrected chi connectivity index (χ4v) is 2.56. The molecule has 0 saturated heterocycles. The lowest BCUT2D eigenvalue weighted by molar-refractivity contribution is -0.0597. The minimum atomic E-state index is -4.54. The van der Waals surface area contributed by atoms with Crippen LogP contribution < -0.4 is 5.56 Å². The SMILES string of the molecule is CCCCn1c2c(c(=O)n3c(C)nnc13)CC(C(F)(F)F)=N2. The van der Waals surface area contributed by atoms with Gasteiger partial charge in [-0.3, -0.25) is 9.36 Å². The summed E-state index contributed by atoms with van der Waals surface area (Å²) in [5.74, 6) is 0.654. The highest BCUT2D eigenvalue weighted by molar-refractivity contribution is 5.97. The predicted octanol–water partition coefficient (Wildman–Crippen LogP) is 2.19. The van der Waals surface area contributed by atoms with Gasteiger partial charge in [-0.2, -0.15) is 13.2 Å². The van der Waals surface area contributed by atoms with Gasteiger partial charge in [-0.1, -0.05) is 13.3 Å². The van der Waals surface area contributed by atoms with E-state index in [1.165, 1.54) is 4.40 Å². The lowest BCUT2D eigenvalue weighted by Gasteiger charge is -2.11. The van der Waals surface area contributed by atoms with Gasteiger partial charge in [0.2, 0.25) is 5.78 Å². The molecule has 0 N–H and O–H groups in total. The topological polar surface area (TPSA) is 64.5 Å². The van der Waals surface area contributed by atoms with E-state index in [9.17, 15) is 18.0 Å². The first-order valence-electron chi connectivity index (χ1n) is 6.96. The van der Waals surface area contributed by atoms with Crippen LogP contribution in [0.3, 0.4) is 0 Å². The number of fused-ring (bicyclic) bond motifs is 2. The van der Waals surface area contributed by atoms with Crippen molar-refractivity contribution in [1.82, 2.24) is 19.2 Å². The van der Waals surface area contributed by atoms with Crippen LogP contribution in [-0.4, -0.2) is 31.1 Å². The average Bonchev–Trinajstić information content (AvgIpc) is 3.03. The molecule has 22 heavy (non-hydrogen) atoms. The third kappa shape index (κ3) is 2.11. The van der Waals surface area contributed by atoms with Crippen LogP contribution in [0.2, 0.25) is 0 Å². The van der Waals surface area contributed by atoms with Crippen molar-refractivity contribution in [3.05, 3.63) is 21.7 Å². The van der Waals surface area contributed by atoms with Gasteiger partial charge in [0.05, 0.1) is 5.56 Å². The summed E-state index contributed by atoms with van der Waals surface area (Å²) in [5.41, 5.74) is -1.41. The number of hydrogen-bond acceptors (Lipinski definition) is 4. The van der Waals surface area contributed by atoms with Crippen molar-refractivity contribution >= 4 is 17.3 Å². The molecule has 0 unspecified atom stereocenters. The van der Waals surface area contributed by atoms with Crippen molar-refractivity contribution in [2.75, 3.05) is 0 Å². The molecule has 0 aromatic carbocycles. The molecule has 0 saturated carbocycles. The zero-order chi connectivity index (χ0) is 16.1. The number of aromatic nitrogens is 4. The minimum absolute atomic E-state index is 0.0545. The molecule has 0 fully saturated rings. The summed E-state index contributed by atoms with van der Waals surface area (Å²) in [6.45, 7) is 4.01. The molecule has 1 aliphatic heterocycles. The predicted molar refractivity (Wildman–Crippen MR) is 73.7 cm³/mol. The van der Waals surface area contributed by atoms with E-state index in [2.05, 4.69) is 15.2 Å². The zero-order valence-corrected chi connectivity index (χ0v) is 12.1. The highest BCUT2D eigenvalue weighted by Crippen LogP contribution is 2.32. The van der Waals surface area contributed by atoms with Crippen molar-refractivity contribution in [3.63, 3.8) is 0 Å². The Morgan fingerprint density at radius 1 is 1.27 bits per heavy atom. The summed E-state index contributed by atoms with van der Waals surface area (Å²) in [5, 5.41) is 7.78. The third-order valence-electron chi connectivity index (χ3n) is 3.68. The summed E-state index contributed by atoms with van der Waals surface area (Å²) in [6, 6.07) is 0. The van der Waals surface area contributed by atoms with Gasteiger partial charge in [-0.15, -0.1) is 10.2 Å². The van der Waals surface area contributed by atoms with Crippen LogP contribution in [0.4, 0.5) is 19.0 Å². The van der Waals surface area contributed by atoms with Crippen LogP contribution in [0.15, 0.2) is 9.79 Å². The first-order chi connectivity index (χ1) is 10.3. The number of rotatable bonds is 3. The highest BCUT2D eigenvalue weighted by atomic mass is 19.4. The fraction of sp³-hybridized carbons (Fsp3) is 0.538. The van der Waals surface area contributed by atoms with E-state index < -0.39 is 23.9 Å². The number of hydrogen-bond donors (Lipinski definition) is 0.